The van der Waals surface area contributed by atoms with E-state index in [1.165, 1.54) is 6.92 Å². The number of hydrogen-bond acceptors (Lipinski definition) is 5. The number of carbonyl (C=O) groups is 2. The van der Waals surface area contributed by atoms with Crippen molar-refractivity contribution in [1.29, 1.82) is 0 Å². The van der Waals surface area contributed by atoms with Crippen molar-refractivity contribution >= 4 is 29.0 Å². The van der Waals surface area contributed by atoms with Gasteiger partial charge in [0.05, 0.1) is 12.2 Å². The maximum Gasteiger partial charge on any atom is 0.415 e. The largest absolute Gasteiger partial charge is 0.489 e. The number of benzene rings is 1. The fourth-order valence-corrected chi connectivity index (χ4v) is 3.77. The van der Waals surface area contributed by atoms with Gasteiger partial charge in [0.1, 0.15) is 24.5 Å². The van der Waals surface area contributed by atoms with Gasteiger partial charge in [-0.25, -0.2) is 4.79 Å². The number of nitrogens with zero attached hydrogens (tertiary/aromatic N) is 1. The summed E-state index contributed by atoms with van der Waals surface area (Å²) in [6, 6.07) is 9.63. The maximum atomic E-state index is 12.3. The molecule has 2 aromatic rings. The molecule has 3 heterocycles. The molecule has 0 spiro atoms. The van der Waals surface area contributed by atoms with Crippen LogP contribution in [0.3, 0.4) is 0 Å². The van der Waals surface area contributed by atoms with Crippen molar-refractivity contribution in [1.82, 2.24) is 5.32 Å². The fourth-order valence-electron chi connectivity index (χ4n) is 3.05. The molecule has 2 aliphatic rings. The predicted octanol–water partition coefficient (Wildman–Crippen LogP) is 2.64. The second-order valence-electron chi connectivity index (χ2n) is 5.77. The van der Waals surface area contributed by atoms with Crippen LogP contribution in [0.4, 0.5) is 10.5 Å². The first-order chi connectivity index (χ1) is 11.6. The van der Waals surface area contributed by atoms with Gasteiger partial charge in [0.2, 0.25) is 5.91 Å². The molecule has 7 heteroatoms. The molecule has 2 aliphatic heterocycles. The topological polar surface area (TPSA) is 67.9 Å². The van der Waals surface area contributed by atoms with Gasteiger partial charge in [-0.15, -0.1) is 11.3 Å². The second kappa shape index (κ2) is 5.83. The first-order valence-corrected chi connectivity index (χ1v) is 8.56. The summed E-state index contributed by atoms with van der Waals surface area (Å²) in [6.07, 6.45) is -0.810. The van der Waals surface area contributed by atoms with Crippen molar-refractivity contribution < 1.29 is 19.1 Å². The van der Waals surface area contributed by atoms with Crippen LogP contribution in [-0.4, -0.2) is 37.3 Å². The zero-order valence-corrected chi connectivity index (χ0v) is 13.8. The Balaban J connectivity index is 1.62. The summed E-state index contributed by atoms with van der Waals surface area (Å²) in [5.74, 6) is 0.525. The predicted molar refractivity (Wildman–Crippen MR) is 90.5 cm³/mol. The van der Waals surface area contributed by atoms with E-state index in [0.717, 1.165) is 10.4 Å². The van der Waals surface area contributed by atoms with E-state index in [-0.39, 0.29) is 18.5 Å². The first-order valence-electron chi connectivity index (χ1n) is 7.68. The average molecular weight is 344 g/mol. The number of hydrogen-bond donors (Lipinski definition) is 1. The van der Waals surface area contributed by atoms with Gasteiger partial charge in [0, 0.05) is 11.8 Å². The molecule has 0 saturated carbocycles. The molecule has 0 unspecified atom stereocenters. The van der Waals surface area contributed by atoms with Crippen LogP contribution in [-0.2, 0) is 9.53 Å². The van der Waals surface area contributed by atoms with Gasteiger partial charge in [-0.3, -0.25) is 9.69 Å². The number of nitrogens with one attached hydrogen (secondary N) is 1. The van der Waals surface area contributed by atoms with Crippen LogP contribution in [0.25, 0.3) is 10.4 Å². The Morgan fingerprint density at radius 1 is 1.42 bits per heavy atom. The van der Waals surface area contributed by atoms with Crippen LogP contribution in [0.1, 0.15) is 6.92 Å². The lowest BCUT2D eigenvalue weighted by Gasteiger charge is -2.31. The van der Waals surface area contributed by atoms with E-state index in [9.17, 15) is 9.59 Å². The van der Waals surface area contributed by atoms with Crippen LogP contribution < -0.4 is 15.0 Å². The highest BCUT2D eigenvalue weighted by molar-refractivity contribution is 7.13. The third-order valence-corrected chi connectivity index (χ3v) is 5.12. The summed E-state index contributed by atoms with van der Waals surface area (Å²) in [5.41, 5.74) is 1.77. The van der Waals surface area contributed by atoms with E-state index in [1.807, 2.05) is 35.7 Å². The normalized spacial score (nSPS) is 21.5. The smallest absolute Gasteiger partial charge is 0.415 e. The molecule has 1 aromatic heterocycles. The highest BCUT2D eigenvalue weighted by Gasteiger charge is 2.46. The fraction of sp³-hybridized carbons (Fsp3) is 0.294. The second-order valence-corrected chi connectivity index (χ2v) is 6.72. The number of cyclic esters (lactones) is 1. The van der Waals surface area contributed by atoms with Crippen LogP contribution in [0.2, 0.25) is 0 Å². The first kappa shape index (κ1) is 15.0. The number of carbonyl (C=O) groups excluding carboxylic acids is 2. The summed E-state index contributed by atoms with van der Waals surface area (Å²) in [5, 5.41) is 4.72. The quantitative estimate of drug-likeness (QED) is 0.929. The highest BCUT2D eigenvalue weighted by Crippen LogP contribution is 2.41. The van der Waals surface area contributed by atoms with E-state index in [0.29, 0.717) is 18.0 Å². The molecular formula is C17H16N2O4S. The molecule has 4 rings (SSSR count). The molecule has 0 radical (unpaired) electrons. The molecule has 24 heavy (non-hydrogen) atoms. The minimum atomic E-state index is -0.411. The highest BCUT2D eigenvalue weighted by atomic mass is 32.1. The summed E-state index contributed by atoms with van der Waals surface area (Å²) >= 11 is 1.66. The Bertz CT molecular complexity index is 790. The van der Waals surface area contributed by atoms with Gasteiger partial charge in [-0.05, 0) is 29.1 Å². The van der Waals surface area contributed by atoms with E-state index in [4.69, 9.17) is 9.47 Å². The van der Waals surface area contributed by atoms with E-state index < -0.39 is 12.2 Å². The van der Waals surface area contributed by atoms with Gasteiger partial charge in [0.15, 0.2) is 0 Å². The molecule has 1 fully saturated rings. The Morgan fingerprint density at radius 2 is 2.29 bits per heavy atom. The van der Waals surface area contributed by atoms with Crippen LogP contribution >= 0.6 is 11.3 Å². The minimum Gasteiger partial charge on any atom is -0.489 e. The number of ether oxygens (including phenoxy) is 2. The molecule has 2 atom stereocenters. The SMILES string of the molecule is CC(=O)NC[C@@H]1OC(=O)N2c3ccc(-c4cccs4)cc3OC[C@@H]12. The lowest BCUT2D eigenvalue weighted by Crippen LogP contribution is -2.47. The van der Waals surface area contributed by atoms with Crippen molar-refractivity contribution in [3.63, 3.8) is 0 Å². The maximum absolute atomic E-state index is 12.3. The monoisotopic (exact) mass is 344 g/mol. The zero-order valence-electron chi connectivity index (χ0n) is 13.0. The standard InChI is InChI=1S/C17H16N2O4S/c1-10(20)18-8-15-13-9-22-14-7-11(16-3-2-6-24-16)4-5-12(14)19(13)17(21)23-15/h2-7,13,15H,8-9H2,1H3,(H,18,20)/t13-,15-/m0/s1. The van der Waals surface area contributed by atoms with Crippen molar-refractivity contribution in [3.8, 4) is 16.2 Å². The number of fused-ring (bicyclic) bond motifs is 3. The molecule has 0 aliphatic carbocycles. The Morgan fingerprint density at radius 3 is 3.04 bits per heavy atom. The molecule has 1 aromatic carbocycles. The van der Waals surface area contributed by atoms with Crippen LogP contribution in [0.5, 0.6) is 5.75 Å². The van der Waals surface area contributed by atoms with E-state index in [1.54, 1.807) is 16.2 Å². The Labute approximate surface area is 143 Å². The van der Waals surface area contributed by atoms with E-state index >= 15 is 0 Å². The summed E-state index contributed by atoms with van der Waals surface area (Å²) in [4.78, 5) is 26.2. The molecule has 6 nitrogen and oxygen atoms in total. The van der Waals surface area contributed by atoms with Gasteiger partial charge >= 0.3 is 6.09 Å². The van der Waals surface area contributed by atoms with Gasteiger partial charge in [-0.1, -0.05) is 12.1 Å². The van der Waals surface area contributed by atoms with Gasteiger partial charge < -0.3 is 14.8 Å². The molecule has 2 amide bonds. The number of thiophene rings is 1. The summed E-state index contributed by atoms with van der Waals surface area (Å²) in [6.45, 7) is 2.07. The van der Waals surface area contributed by atoms with Crippen molar-refractivity contribution in [2.24, 2.45) is 0 Å². The summed E-state index contributed by atoms with van der Waals surface area (Å²) in [7, 11) is 0. The van der Waals surface area contributed by atoms with Crippen molar-refractivity contribution in [3.05, 3.63) is 35.7 Å². The zero-order chi connectivity index (χ0) is 16.7. The Kier molecular flexibility index (Phi) is 3.65. The summed E-state index contributed by atoms with van der Waals surface area (Å²) < 4.78 is 11.3. The molecule has 1 N–H and O–H groups in total. The van der Waals surface area contributed by atoms with Gasteiger partial charge in [0.25, 0.3) is 0 Å². The molecule has 124 valence electrons. The van der Waals surface area contributed by atoms with Gasteiger partial charge in [-0.2, -0.15) is 0 Å². The lowest BCUT2D eigenvalue weighted by atomic mass is 10.1. The van der Waals surface area contributed by atoms with E-state index in [2.05, 4.69) is 5.32 Å². The van der Waals surface area contributed by atoms with Crippen molar-refractivity contribution in [2.75, 3.05) is 18.1 Å². The number of amides is 2. The van der Waals surface area contributed by atoms with Crippen molar-refractivity contribution in [2.45, 2.75) is 19.1 Å². The number of rotatable bonds is 3. The molecular weight excluding hydrogens is 328 g/mol. The lowest BCUT2D eigenvalue weighted by molar-refractivity contribution is -0.119. The Hall–Kier alpha value is -2.54. The molecule has 1 saturated heterocycles. The third-order valence-electron chi connectivity index (χ3n) is 4.20. The minimum absolute atomic E-state index is 0.151. The van der Waals surface area contributed by atoms with Crippen LogP contribution in [0.15, 0.2) is 35.7 Å². The van der Waals surface area contributed by atoms with Crippen LogP contribution in [0, 0.1) is 0 Å². The number of anilines is 1. The average Bonchev–Trinajstić information content (AvgIpc) is 3.21. The third kappa shape index (κ3) is 2.50. The molecule has 0 bridgehead atoms.